The number of carbonyl (C=O) groups is 2. The molecule has 1 heterocycles. The highest BCUT2D eigenvalue weighted by molar-refractivity contribution is 5.95. The Labute approximate surface area is 81.3 Å². The summed E-state index contributed by atoms with van der Waals surface area (Å²) in [6, 6.07) is 0. The predicted molar refractivity (Wildman–Crippen MR) is 49.4 cm³/mol. The molecule has 0 unspecified atom stereocenters. The first kappa shape index (κ1) is 10.2. The van der Waals surface area contributed by atoms with Crippen LogP contribution in [0.15, 0.2) is 12.4 Å². The summed E-state index contributed by atoms with van der Waals surface area (Å²) in [4.78, 5) is 23.4. The van der Waals surface area contributed by atoms with Crippen LogP contribution in [0.1, 0.15) is 10.4 Å². The number of hydrogen-bond donors (Lipinski definition) is 1. The molecule has 0 aromatic carbocycles. The first-order valence-electron chi connectivity index (χ1n) is 4.03. The van der Waals surface area contributed by atoms with Crippen molar-refractivity contribution in [3.8, 4) is 0 Å². The van der Waals surface area contributed by atoms with Crippen LogP contribution in [0.3, 0.4) is 0 Å². The van der Waals surface area contributed by atoms with Crippen LogP contribution in [0, 0.1) is 0 Å². The molecule has 1 aromatic heterocycles. The number of primary amides is 1. The van der Waals surface area contributed by atoms with Gasteiger partial charge in [0.05, 0.1) is 18.3 Å². The number of hydrogen-bond acceptors (Lipinski definition) is 3. The molecule has 14 heavy (non-hydrogen) atoms. The van der Waals surface area contributed by atoms with Gasteiger partial charge in [0, 0.05) is 20.3 Å². The third kappa shape index (κ3) is 2.32. The number of aromatic nitrogens is 2. The molecule has 0 saturated carbocycles. The van der Waals surface area contributed by atoms with Gasteiger partial charge in [-0.2, -0.15) is 5.10 Å². The zero-order valence-electron chi connectivity index (χ0n) is 8.10. The summed E-state index contributed by atoms with van der Waals surface area (Å²) in [6.45, 7) is -0.0896. The molecule has 0 spiro atoms. The van der Waals surface area contributed by atoms with Crippen LogP contribution in [0.2, 0.25) is 0 Å². The van der Waals surface area contributed by atoms with Crippen molar-refractivity contribution in [3.05, 3.63) is 18.0 Å². The lowest BCUT2D eigenvalue weighted by Crippen LogP contribution is -2.35. The van der Waals surface area contributed by atoms with Gasteiger partial charge in [-0.3, -0.25) is 14.3 Å². The summed E-state index contributed by atoms with van der Waals surface area (Å²) in [6.07, 6.45) is 3.03. The van der Waals surface area contributed by atoms with E-state index in [1.165, 1.54) is 22.8 Å². The molecule has 0 aliphatic carbocycles. The van der Waals surface area contributed by atoms with E-state index in [1.54, 1.807) is 13.2 Å². The second kappa shape index (κ2) is 3.91. The Morgan fingerprint density at radius 2 is 2.29 bits per heavy atom. The van der Waals surface area contributed by atoms with Crippen molar-refractivity contribution in [3.63, 3.8) is 0 Å². The lowest BCUT2D eigenvalue weighted by Gasteiger charge is -2.13. The van der Waals surface area contributed by atoms with Crippen LogP contribution in [0.5, 0.6) is 0 Å². The Morgan fingerprint density at radius 3 is 2.71 bits per heavy atom. The van der Waals surface area contributed by atoms with Crippen molar-refractivity contribution in [2.75, 3.05) is 13.6 Å². The average Bonchev–Trinajstić information content (AvgIpc) is 2.49. The van der Waals surface area contributed by atoms with Gasteiger partial charge < -0.3 is 10.6 Å². The number of amides is 2. The highest BCUT2D eigenvalue weighted by Gasteiger charge is 2.14. The van der Waals surface area contributed by atoms with Gasteiger partial charge in [0.25, 0.3) is 5.91 Å². The minimum atomic E-state index is -0.537. The van der Waals surface area contributed by atoms with E-state index in [0.29, 0.717) is 5.56 Å². The maximum atomic E-state index is 11.6. The van der Waals surface area contributed by atoms with E-state index in [2.05, 4.69) is 5.10 Å². The molecule has 2 N–H and O–H groups in total. The number of carbonyl (C=O) groups excluding carboxylic acids is 2. The maximum Gasteiger partial charge on any atom is 0.257 e. The highest BCUT2D eigenvalue weighted by Crippen LogP contribution is 2.00. The molecule has 2 amide bonds. The van der Waals surface area contributed by atoms with E-state index in [9.17, 15) is 9.59 Å². The van der Waals surface area contributed by atoms with Crippen molar-refractivity contribution >= 4 is 11.8 Å². The van der Waals surface area contributed by atoms with E-state index in [4.69, 9.17) is 5.73 Å². The van der Waals surface area contributed by atoms with Gasteiger partial charge in [0.2, 0.25) is 5.91 Å². The van der Waals surface area contributed by atoms with Crippen molar-refractivity contribution in [1.82, 2.24) is 14.7 Å². The second-order valence-electron chi connectivity index (χ2n) is 3.03. The van der Waals surface area contributed by atoms with Crippen LogP contribution in [-0.4, -0.2) is 40.1 Å². The maximum absolute atomic E-state index is 11.6. The van der Waals surface area contributed by atoms with Crippen LogP contribution >= 0.6 is 0 Å². The topological polar surface area (TPSA) is 81.2 Å². The molecular weight excluding hydrogens is 184 g/mol. The molecule has 6 nitrogen and oxygen atoms in total. The van der Waals surface area contributed by atoms with E-state index < -0.39 is 5.91 Å². The zero-order chi connectivity index (χ0) is 10.7. The van der Waals surface area contributed by atoms with Crippen LogP contribution in [0.25, 0.3) is 0 Å². The van der Waals surface area contributed by atoms with Crippen molar-refractivity contribution < 1.29 is 9.59 Å². The molecule has 0 bridgehead atoms. The number of aryl methyl sites for hydroxylation is 1. The molecule has 1 rings (SSSR count). The minimum absolute atomic E-state index is 0.0896. The smallest absolute Gasteiger partial charge is 0.257 e. The zero-order valence-corrected chi connectivity index (χ0v) is 8.10. The number of nitrogens with zero attached hydrogens (tertiary/aromatic N) is 3. The molecule has 0 saturated heterocycles. The number of nitrogens with two attached hydrogens (primary N) is 1. The third-order valence-corrected chi connectivity index (χ3v) is 1.69. The molecule has 0 aliphatic rings. The SMILES string of the molecule is CN(CC(N)=O)C(=O)c1cnn(C)c1. The van der Waals surface area contributed by atoms with Gasteiger partial charge in [-0.1, -0.05) is 0 Å². The first-order valence-corrected chi connectivity index (χ1v) is 4.03. The predicted octanol–water partition coefficient (Wildman–Crippen LogP) is -1.02. The Morgan fingerprint density at radius 1 is 1.64 bits per heavy atom. The van der Waals surface area contributed by atoms with Crippen molar-refractivity contribution in [2.45, 2.75) is 0 Å². The normalized spacial score (nSPS) is 9.86. The summed E-state index contributed by atoms with van der Waals surface area (Å²) >= 11 is 0. The monoisotopic (exact) mass is 196 g/mol. The van der Waals surface area contributed by atoms with Crippen LogP contribution in [-0.2, 0) is 11.8 Å². The largest absolute Gasteiger partial charge is 0.368 e. The Bertz CT molecular complexity index is 358. The van der Waals surface area contributed by atoms with Crippen LogP contribution in [0.4, 0.5) is 0 Å². The fourth-order valence-electron chi connectivity index (χ4n) is 1.06. The Hall–Kier alpha value is -1.85. The molecule has 76 valence electrons. The third-order valence-electron chi connectivity index (χ3n) is 1.69. The van der Waals surface area contributed by atoms with Gasteiger partial charge in [-0.25, -0.2) is 0 Å². The lowest BCUT2D eigenvalue weighted by atomic mass is 10.3. The van der Waals surface area contributed by atoms with E-state index in [1.807, 2.05) is 0 Å². The number of rotatable bonds is 3. The summed E-state index contributed by atoms with van der Waals surface area (Å²) in [7, 11) is 3.23. The fraction of sp³-hybridized carbons (Fsp3) is 0.375. The molecule has 0 fully saturated rings. The molecule has 6 heteroatoms. The first-order chi connectivity index (χ1) is 6.50. The second-order valence-corrected chi connectivity index (χ2v) is 3.03. The Balaban J connectivity index is 2.70. The van der Waals surface area contributed by atoms with Crippen molar-refractivity contribution in [2.24, 2.45) is 12.8 Å². The summed E-state index contributed by atoms with van der Waals surface area (Å²) in [5.74, 6) is -0.804. The van der Waals surface area contributed by atoms with Crippen molar-refractivity contribution in [1.29, 1.82) is 0 Å². The lowest BCUT2D eigenvalue weighted by molar-refractivity contribution is -0.118. The Kier molecular flexibility index (Phi) is 2.85. The molecule has 1 aromatic rings. The standard InChI is InChI=1S/C8H12N4O2/c1-11(5-7(9)13)8(14)6-3-10-12(2)4-6/h3-4H,5H2,1-2H3,(H2,9,13). The highest BCUT2D eigenvalue weighted by atomic mass is 16.2. The van der Waals surface area contributed by atoms with E-state index in [-0.39, 0.29) is 12.5 Å². The molecule has 0 aliphatic heterocycles. The van der Waals surface area contributed by atoms with E-state index in [0.717, 1.165) is 0 Å². The van der Waals surface area contributed by atoms with Gasteiger partial charge in [-0.05, 0) is 0 Å². The molecular formula is C8H12N4O2. The summed E-state index contributed by atoms with van der Waals surface area (Å²) in [5.41, 5.74) is 5.40. The quantitative estimate of drug-likeness (QED) is 0.671. The van der Waals surface area contributed by atoms with Gasteiger partial charge in [0.15, 0.2) is 0 Å². The molecule has 0 atom stereocenters. The average molecular weight is 196 g/mol. The van der Waals surface area contributed by atoms with Gasteiger partial charge in [-0.15, -0.1) is 0 Å². The fourth-order valence-corrected chi connectivity index (χ4v) is 1.06. The van der Waals surface area contributed by atoms with Gasteiger partial charge >= 0.3 is 0 Å². The molecule has 0 radical (unpaired) electrons. The number of likely N-dealkylation sites (N-methyl/N-ethyl adjacent to an activating group) is 1. The van der Waals surface area contributed by atoms with Gasteiger partial charge in [0.1, 0.15) is 0 Å². The van der Waals surface area contributed by atoms with E-state index >= 15 is 0 Å². The summed E-state index contributed by atoms with van der Waals surface area (Å²) in [5, 5.41) is 3.85. The minimum Gasteiger partial charge on any atom is -0.368 e. The van der Waals surface area contributed by atoms with Crippen LogP contribution < -0.4 is 5.73 Å². The summed E-state index contributed by atoms with van der Waals surface area (Å²) < 4.78 is 1.52.